The van der Waals surface area contributed by atoms with E-state index in [4.69, 9.17) is 19.9 Å². The molecule has 1 saturated carbocycles. The molecule has 2 aromatic carbocycles. The summed E-state index contributed by atoms with van der Waals surface area (Å²) in [4.78, 5) is 12.0. The molecule has 0 saturated heterocycles. The molecular formula is C25H31N3O4. The molecule has 32 heavy (non-hydrogen) atoms. The molecule has 7 heteroatoms. The van der Waals surface area contributed by atoms with Crippen LogP contribution >= 0.6 is 0 Å². The minimum absolute atomic E-state index is 0.222. The van der Waals surface area contributed by atoms with Crippen molar-refractivity contribution in [1.29, 1.82) is 0 Å². The van der Waals surface area contributed by atoms with Gasteiger partial charge in [-0.2, -0.15) is 0 Å². The molecule has 0 radical (unpaired) electrons. The monoisotopic (exact) mass is 437 g/mol. The van der Waals surface area contributed by atoms with Crippen molar-refractivity contribution in [2.75, 3.05) is 37.5 Å². The van der Waals surface area contributed by atoms with E-state index in [-0.39, 0.29) is 6.61 Å². The van der Waals surface area contributed by atoms with E-state index in [0.717, 1.165) is 46.4 Å². The lowest BCUT2D eigenvalue weighted by Crippen LogP contribution is -2.18. The predicted molar refractivity (Wildman–Crippen MR) is 127 cm³/mol. The van der Waals surface area contributed by atoms with Gasteiger partial charge in [-0.15, -0.1) is 0 Å². The molecule has 3 aromatic rings. The van der Waals surface area contributed by atoms with E-state index in [9.17, 15) is 4.79 Å². The zero-order valence-electron chi connectivity index (χ0n) is 18.7. The number of hydrogen-bond donors (Lipinski definition) is 2. The van der Waals surface area contributed by atoms with E-state index < -0.39 is 6.09 Å². The molecule has 170 valence electrons. The summed E-state index contributed by atoms with van der Waals surface area (Å²) in [7, 11) is 0. The topological polar surface area (TPSA) is 87.7 Å². The van der Waals surface area contributed by atoms with E-state index in [0.29, 0.717) is 31.5 Å². The van der Waals surface area contributed by atoms with Crippen molar-refractivity contribution < 1.29 is 19.0 Å². The molecule has 1 heterocycles. The van der Waals surface area contributed by atoms with E-state index in [1.54, 1.807) is 0 Å². The van der Waals surface area contributed by atoms with Gasteiger partial charge in [-0.05, 0) is 57.4 Å². The summed E-state index contributed by atoms with van der Waals surface area (Å²) in [6.07, 6.45) is 3.01. The van der Waals surface area contributed by atoms with E-state index in [1.165, 1.54) is 6.42 Å². The first kappa shape index (κ1) is 22.0. The van der Waals surface area contributed by atoms with Gasteiger partial charge in [0.15, 0.2) is 0 Å². The van der Waals surface area contributed by atoms with Crippen LogP contribution in [0.15, 0.2) is 42.5 Å². The number of nitrogens with two attached hydrogens (primary N) is 1. The average Bonchev–Trinajstić information content (AvgIpc) is 3.03. The van der Waals surface area contributed by atoms with Crippen LogP contribution in [0.1, 0.15) is 39.2 Å². The Bertz CT molecular complexity index is 1070. The summed E-state index contributed by atoms with van der Waals surface area (Å²) in [6.45, 7) is 5.72. The molecule has 1 aliphatic rings. The predicted octanol–water partition coefficient (Wildman–Crippen LogP) is 5.60. The number of ether oxygens (including phenoxy) is 3. The third-order valence-electron chi connectivity index (χ3n) is 5.84. The van der Waals surface area contributed by atoms with Gasteiger partial charge in [0.1, 0.15) is 12.4 Å². The number of anilines is 2. The maximum absolute atomic E-state index is 12.0. The molecule has 0 spiro atoms. The van der Waals surface area contributed by atoms with Gasteiger partial charge in [-0.3, -0.25) is 5.32 Å². The number of rotatable bonds is 9. The SMILES string of the molecule is CCOCCOC(=O)Nc1ccc(-c2c(N)c3ccc(OCC)cc3n2C2CCC2)cc1. The number of nitrogens with zero attached hydrogens (tertiary/aromatic N) is 1. The molecule has 0 aliphatic heterocycles. The number of aromatic nitrogens is 1. The van der Waals surface area contributed by atoms with Crippen molar-refractivity contribution in [2.45, 2.75) is 39.2 Å². The average molecular weight is 438 g/mol. The molecule has 1 aliphatic carbocycles. The molecular weight excluding hydrogens is 406 g/mol. The number of fused-ring (bicyclic) bond motifs is 1. The van der Waals surface area contributed by atoms with Crippen molar-refractivity contribution in [2.24, 2.45) is 0 Å². The van der Waals surface area contributed by atoms with E-state index in [2.05, 4.69) is 16.0 Å². The summed E-state index contributed by atoms with van der Waals surface area (Å²) in [5.74, 6) is 0.854. The highest BCUT2D eigenvalue weighted by atomic mass is 16.6. The van der Waals surface area contributed by atoms with Gasteiger partial charge in [0, 0.05) is 35.4 Å². The second kappa shape index (κ2) is 9.96. The molecule has 1 fully saturated rings. The first-order valence-electron chi connectivity index (χ1n) is 11.3. The number of nitrogen functional groups attached to an aromatic ring is 1. The summed E-state index contributed by atoms with van der Waals surface area (Å²) in [5, 5.41) is 3.79. The Labute approximate surface area is 188 Å². The van der Waals surface area contributed by atoms with Crippen molar-refractivity contribution in [3.8, 4) is 17.0 Å². The highest BCUT2D eigenvalue weighted by Gasteiger charge is 2.27. The Hall–Kier alpha value is -3.19. The maximum atomic E-state index is 12.0. The normalized spacial score (nSPS) is 13.7. The van der Waals surface area contributed by atoms with Crippen LogP contribution in [0.5, 0.6) is 5.75 Å². The maximum Gasteiger partial charge on any atom is 0.411 e. The fraction of sp³-hybridized carbons (Fsp3) is 0.400. The lowest BCUT2D eigenvalue weighted by molar-refractivity contribution is 0.0850. The third kappa shape index (κ3) is 4.53. The third-order valence-corrected chi connectivity index (χ3v) is 5.84. The molecule has 7 nitrogen and oxygen atoms in total. The highest BCUT2D eigenvalue weighted by molar-refractivity contribution is 6.01. The van der Waals surface area contributed by atoms with Crippen LogP contribution in [0, 0.1) is 0 Å². The number of carbonyl (C=O) groups is 1. The van der Waals surface area contributed by atoms with E-state index >= 15 is 0 Å². The summed E-state index contributed by atoms with van der Waals surface area (Å²) in [5.41, 5.74) is 11.2. The number of carbonyl (C=O) groups excluding carboxylic acids is 1. The van der Waals surface area contributed by atoms with Crippen LogP contribution in [0.25, 0.3) is 22.2 Å². The quantitative estimate of drug-likeness (QED) is 0.426. The smallest absolute Gasteiger partial charge is 0.411 e. The van der Waals surface area contributed by atoms with Gasteiger partial charge >= 0.3 is 6.09 Å². The molecule has 3 N–H and O–H groups in total. The van der Waals surface area contributed by atoms with Gasteiger partial charge in [0.05, 0.1) is 30.1 Å². The number of amides is 1. The van der Waals surface area contributed by atoms with Crippen molar-refractivity contribution in [1.82, 2.24) is 4.57 Å². The van der Waals surface area contributed by atoms with Gasteiger partial charge in [-0.1, -0.05) is 12.1 Å². The Morgan fingerprint density at radius 3 is 2.53 bits per heavy atom. The highest BCUT2D eigenvalue weighted by Crippen LogP contribution is 2.44. The second-order valence-electron chi connectivity index (χ2n) is 7.86. The first-order chi connectivity index (χ1) is 15.6. The molecule has 0 atom stereocenters. The zero-order valence-corrected chi connectivity index (χ0v) is 18.7. The number of benzene rings is 2. The minimum Gasteiger partial charge on any atom is -0.494 e. The Morgan fingerprint density at radius 1 is 1.09 bits per heavy atom. The lowest BCUT2D eigenvalue weighted by atomic mass is 9.92. The number of hydrogen-bond acceptors (Lipinski definition) is 5. The molecule has 1 aromatic heterocycles. The van der Waals surface area contributed by atoms with Crippen molar-refractivity contribution >= 4 is 28.4 Å². The fourth-order valence-corrected chi connectivity index (χ4v) is 4.09. The van der Waals surface area contributed by atoms with Crippen LogP contribution < -0.4 is 15.8 Å². The number of nitrogens with one attached hydrogen (secondary N) is 1. The van der Waals surface area contributed by atoms with Gasteiger partial charge in [0.2, 0.25) is 0 Å². The van der Waals surface area contributed by atoms with Gasteiger partial charge in [-0.25, -0.2) is 4.79 Å². The van der Waals surface area contributed by atoms with Crippen molar-refractivity contribution in [3.63, 3.8) is 0 Å². The van der Waals surface area contributed by atoms with Crippen LogP contribution in [0.3, 0.4) is 0 Å². The van der Waals surface area contributed by atoms with E-state index in [1.807, 2.05) is 50.2 Å². The van der Waals surface area contributed by atoms with Gasteiger partial charge < -0.3 is 24.5 Å². The van der Waals surface area contributed by atoms with Crippen molar-refractivity contribution in [3.05, 3.63) is 42.5 Å². The van der Waals surface area contributed by atoms with Crippen LogP contribution in [-0.4, -0.2) is 37.1 Å². The summed E-state index contributed by atoms with van der Waals surface area (Å²) < 4.78 is 18.4. The zero-order chi connectivity index (χ0) is 22.5. The molecule has 0 bridgehead atoms. The first-order valence-corrected chi connectivity index (χ1v) is 11.3. The second-order valence-corrected chi connectivity index (χ2v) is 7.86. The van der Waals surface area contributed by atoms with Gasteiger partial charge in [0.25, 0.3) is 0 Å². The Balaban J connectivity index is 1.60. The molecule has 4 rings (SSSR count). The molecule has 1 amide bonds. The van der Waals surface area contributed by atoms with Crippen LogP contribution in [-0.2, 0) is 9.47 Å². The van der Waals surface area contributed by atoms with Crippen LogP contribution in [0.2, 0.25) is 0 Å². The summed E-state index contributed by atoms with van der Waals surface area (Å²) >= 11 is 0. The lowest BCUT2D eigenvalue weighted by Gasteiger charge is -2.30. The standard InChI is InChI=1S/C25H31N3O4/c1-3-30-14-15-32-25(29)27-18-10-8-17(9-11-18)24-23(26)21-13-12-20(31-4-2)16-22(21)28(24)19-6-5-7-19/h8-13,16,19H,3-7,14-15,26H2,1-2H3,(H,27,29). The summed E-state index contributed by atoms with van der Waals surface area (Å²) in [6, 6.07) is 14.2. The minimum atomic E-state index is -0.496. The Kier molecular flexibility index (Phi) is 6.85. The fourth-order valence-electron chi connectivity index (χ4n) is 4.09. The largest absolute Gasteiger partial charge is 0.494 e. The molecule has 0 unspecified atom stereocenters. The Morgan fingerprint density at radius 2 is 1.88 bits per heavy atom. The van der Waals surface area contributed by atoms with Crippen LogP contribution in [0.4, 0.5) is 16.2 Å².